The van der Waals surface area contributed by atoms with Crippen LogP contribution in [0.25, 0.3) is 76.9 Å². The number of para-hydroxylation sites is 1. The summed E-state index contributed by atoms with van der Waals surface area (Å²) in [6.45, 7) is 0. The van der Waals surface area contributed by atoms with Crippen LogP contribution in [0.1, 0.15) is 11.0 Å². The molecule has 0 aliphatic heterocycles. The van der Waals surface area contributed by atoms with Crippen molar-refractivity contribution < 1.29 is 19.8 Å². The molecule has 0 fully saturated rings. The molecule has 2 heterocycles. The topological polar surface area (TPSA) is 29.5 Å². The standard InChI is InChI=1S/C46H29NO2/c1-2-10-30(11-3-1)33-13-8-14-36(28-33)47(41-17-9-19-43-45(41)40-27-22-32-12-4-5-15-37(32)46(40)49-43)35-24-20-31(21-25-35)34-23-26-39-38-16-6-7-18-42(38)48-44(39)29-34/h1-29H/i8D,13D,14D,20D,21D,24D,25D,28D. The number of rotatable bonds is 5. The van der Waals surface area contributed by atoms with E-state index in [9.17, 15) is 8.22 Å². The molecule has 0 saturated carbocycles. The summed E-state index contributed by atoms with van der Waals surface area (Å²) in [6, 6.07) is 35.6. The fourth-order valence-corrected chi connectivity index (χ4v) is 6.71. The molecule has 230 valence electrons. The highest BCUT2D eigenvalue weighted by atomic mass is 16.3. The van der Waals surface area contributed by atoms with Gasteiger partial charge < -0.3 is 13.7 Å². The van der Waals surface area contributed by atoms with Crippen molar-refractivity contribution in [3.05, 3.63) is 176 Å². The van der Waals surface area contributed by atoms with Gasteiger partial charge in [0.25, 0.3) is 0 Å². The second-order valence-electron chi connectivity index (χ2n) is 11.9. The Kier molecular flexibility index (Phi) is 4.63. The van der Waals surface area contributed by atoms with Crippen LogP contribution in [0.5, 0.6) is 0 Å². The molecular weight excluding hydrogens is 599 g/mol. The molecule has 0 aliphatic rings. The van der Waals surface area contributed by atoms with Crippen molar-refractivity contribution in [2.24, 2.45) is 0 Å². The van der Waals surface area contributed by atoms with Crippen molar-refractivity contribution in [3.8, 4) is 22.3 Å². The first-order chi connectivity index (χ1) is 27.6. The molecule has 0 radical (unpaired) electrons. The molecule has 8 aromatic carbocycles. The monoisotopic (exact) mass is 635 g/mol. The minimum absolute atomic E-state index is 0.0550. The normalized spacial score (nSPS) is 14.0. The lowest BCUT2D eigenvalue weighted by molar-refractivity contribution is 0.669. The van der Waals surface area contributed by atoms with Gasteiger partial charge in [0, 0.05) is 32.9 Å². The Balaban J connectivity index is 1.30. The van der Waals surface area contributed by atoms with Gasteiger partial charge in [-0.3, -0.25) is 0 Å². The molecule has 10 rings (SSSR count). The molecule has 10 aromatic rings. The van der Waals surface area contributed by atoms with Crippen molar-refractivity contribution in [3.63, 3.8) is 0 Å². The molecular formula is C46H29NO2. The highest BCUT2D eigenvalue weighted by Gasteiger charge is 2.21. The van der Waals surface area contributed by atoms with E-state index in [0.29, 0.717) is 49.9 Å². The summed E-state index contributed by atoms with van der Waals surface area (Å²) in [5.41, 5.74) is 3.25. The molecule has 3 nitrogen and oxygen atoms in total. The van der Waals surface area contributed by atoms with Crippen LogP contribution in [-0.4, -0.2) is 0 Å². The van der Waals surface area contributed by atoms with Crippen LogP contribution < -0.4 is 4.90 Å². The number of anilines is 3. The Bertz CT molecular complexity index is 3270. The van der Waals surface area contributed by atoms with Gasteiger partial charge in [0.05, 0.1) is 22.0 Å². The molecule has 0 bridgehead atoms. The van der Waals surface area contributed by atoms with Crippen LogP contribution in [0.4, 0.5) is 17.1 Å². The summed E-state index contributed by atoms with van der Waals surface area (Å²) >= 11 is 0. The maximum Gasteiger partial charge on any atom is 0.143 e. The number of furan rings is 2. The molecule has 0 amide bonds. The molecule has 49 heavy (non-hydrogen) atoms. The van der Waals surface area contributed by atoms with Gasteiger partial charge in [0.1, 0.15) is 22.3 Å². The Morgan fingerprint density at radius 1 is 0.449 bits per heavy atom. The van der Waals surface area contributed by atoms with E-state index in [4.69, 9.17) is 11.6 Å². The fraction of sp³-hybridized carbons (Fsp3) is 0. The number of hydrogen-bond donors (Lipinski definition) is 0. The average molecular weight is 636 g/mol. The molecule has 0 atom stereocenters. The van der Waals surface area contributed by atoms with E-state index in [2.05, 4.69) is 0 Å². The van der Waals surface area contributed by atoms with E-state index in [1.807, 2.05) is 66.7 Å². The highest BCUT2D eigenvalue weighted by molar-refractivity contribution is 6.19. The minimum Gasteiger partial charge on any atom is -0.456 e. The van der Waals surface area contributed by atoms with E-state index >= 15 is 0 Å². The first-order valence-electron chi connectivity index (χ1n) is 19.9. The Hall–Kier alpha value is -6.58. The van der Waals surface area contributed by atoms with Crippen molar-refractivity contribution in [2.75, 3.05) is 4.90 Å². The second kappa shape index (κ2) is 11.0. The summed E-state index contributed by atoms with van der Waals surface area (Å²) in [6.07, 6.45) is 0. The van der Waals surface area contributed by atoms with Crippen LogP contribution in [0, 0.1) is 0 Å². The van der Waals surface area contributed by atoms with Gasteiger partial charge >= 0.3 is 0 Å². The van der Waals surface area contributed by atoms with Crippen molar-refractivity contribution in [2.45, 2.75) is 0 Å². The zero-order valence-corrected chi connectivity index (χ0v) is 25.9. The van der Waals surface area contributed by atoms with Gasteiger partial charge in [-0.1, -0.05) is 115 Å². The predicted octanol–water partition coefficient (Wildman–Crippen LogP) is 13.4. The molecule has 0 aliphatic carbocycles. The molecule has 2 aromatic heterocycles. The summed E-state index contributed by atoms with van der Waals surface area (Å²) < 4.78 is 87.6. The largest absolute Gasteiger partial charge is 0.456 e. The first-order valence-corrected chi connectivity index (χ1v) is 15.9. The van der Waals surface area contributed by atoms with Crippen LogP contribution in [0.15, 0.2) is 185 Å². The Morgan fingerprint density at radius 2 is 1.20 bits per heavy atom. The molecule has 3 heteroatoms. The smallest absolute Gasteiger partial charge is 0.143 e. The lowest BCUT2D eigenvalue weighted by Gasteiger charge is -2.27. The van der Waals surface area contributed by atoms with Crippen molar-refractivity contribution >= 4 is 71.7 Å². The van der Waals surface area contributed by atoms with Gasteiger partial charge in [0.2, 0.25) is 0 Å². The van der Waals surface area contributed by atoms with E-state index in [-0.39, 0.29) is 46.7 Å². The number of benzene rings is 8. The third-order valence-electron chi connectivity index (χ3n) is 9.01. The summed E-state index contributed by atoms with van der Waals surface area (Å²) in [5, 5.41) is 4.83. The summed E-state index contributed by atoms with van der Waals surface area (Å²) in [4.78, 5) is 1.38. The molecule has 0 N–H and O–H groups in total. The van der Waals surface area contributed by atoms with Gasteiger partial charge in [0.15, 0.2) is 0 Å². The Labute approximate surface area is 294 Å². The minimum atomic E-state index is -0.476. The van der Waals surface area contributed by atoms with E-state index < -0.39 is 24.2 Å². The number of nitrogens with zero attached hydrogens (tertiary/aromatic N) is 1. The van der Waals surface area contributed by atoms with E-state index in [1.165, 1.54) is 4.90 Å². The molecule has 0 spiro atoms. The van der Waals surface area contributed by atoms with Crippen molar-refractivity contribution in [1.29, 1.82) is 0 Å². The predicted molar refractivity (Wildman–Crippen MR) is 204 cm³/mol. The van der Waals surface area contributed by atoms with E-state index in [1.54, 1.807) is 60.7 Å². The van der Waals surface area contributed by atoms with Crippen LogP contribution in [0.2, 0.25) is 0 Å². The second-order valence-corrected chi connectivity index (χ2v) is 11.9. The summed E-state index contributed by atoms with van der Waals surface area (Å²) in [7, 11) is 0. The van der Waals surface area contributed by atoms with Crippen LogP contribution in [-0.2, 0) is 0 Å². The first kappa shape index (κ1) is 20.6. The summed E-state index contributed by atoms with van der Waals surface area (Å²) in [5.74, 6) is 0. The fourth-order valence-electron chi connectivity index (χ4n) is 6.71. The van der Waals surface area contributed by atoms with Gasteiger partial charge in [-0.15, -0.1) is 0 Å². The van der Waals surface area contributed by atoms with E-state index in [0.717, 1.165) is 21.5 Å². The SMILES string of the molecule is [2H]c1c([2H])c(-c2ccccc2)c([2H])c(N(c2c([2H])c([2H])c(-c3ccc4c(c3)oc3ccccc34)c([2H])c2[2H])c2cccc3oc4c5ccccc5ccc4c23)c1[2H]. The third kappa shape index (κ3) is 4.51. The maximum atomic E-state index is 9.67. The number of hydrogen-bond acceptors (Lipinski definition) is 3. The highest BCUT2D eigenvalue weighted by Crippen LogP contribution is 2.45. The van der Waals surface area contributed by atoms with Gasteiger partial charge in [-0.25, -0.2) is 0 Å². The number of fused-ring (bicyclic) bond motifs is 8. The maximum absolute atomic E-state index is 9.67. The van der Waals surface area contributed by atoms with Crippen LogP contribution >= 0.6 is 0 Å². The quantitative estimate of drug-likeness (QED) is 0.188. The van der Waals surface area contributed by atoms with Crippen molar-refractivity contribution in [1.82, 2.24) is 0 Å². The zero-order chi connectivity index (χ0) is 39.3. The average Bonchev–Trinajstić information content (AvgIpc) is 3.81. The van der Waals surface area contributed by atoms with Crippen LogP contribution in [0.3, 0.4) is 0 Å². The lowest BCUT2D eigenvalue weighted by Crippen LogP contribution is -2.10. The lowest BCUT2D eigenvalue weighted by atomic mass is 10.0. The Morgan fingerprint density at radius 3 is 2.10 bits per heavy atom. The third-order valence-corrected chi connectivity index (χ3v) is 9.01. The van der Waals surface area contributed by atoms with Gasteiger partial charge in [-0.2, -0.15) is 0 Å². The molecule has 0 unspecified atom stereocenters. The van der Waals surface area contributed by atoms with Gasteiger partial charge in [-0.05, 0) is 88.2 Å². The zero-order valence-electron chi connectivity index (χ0n) is 33.9. The molecule has 0 saturated heterocycles.